The number of fused-ring (bicyclic) bond motifs is 1. The van der Waals surface area contributed by atoms with Crippen molar-refractivity contribution in [1.82, 2.24) is 9.97 Å². The van der Waals surface area contributed by atoms with Crippen molar-refractivity contribution in [2.75, 3.05) is 0 Å². The number of hydrogen-bond acceptors (Lipinski definition) is 2. The van der Waals surface area contributed by atoms with Gasteiger partial charge in [-0.15, -0.1) is 0 Å². The number of rotatable bonds is 1. The number of H-pyrrole nitrogens is 1. The summed E-state index contributed by atoms with van der Waals surface area (Å²) in [5.41, 5.74) is 8.62. The Balaban J connectivity index is 2.66. The number of halogens is 1. The van der Waals surface area contributed by atoms with Crippen molar-refractivity contribution in [2.45, 2.75) is 19.9 Å². The first-order valence-electron chi connectivity index (χ1n) is 4.49. The van der Waals surface area contributed by atoms with Gasteiger partial charge in [-0.05, 0) is 31.5 Å². The van der Waals surface area contributed by atoms with Crippen LogP contribution >= 0.6 is 11.6 Å². The highest BCUT2D eigenvalue weighted by atomic mass is 35.5. The van der Waals surface area contributed by atoms with E-state index in [9.17, 15) is 0 Å². The number of nitrogens with two attached hydrogens (primary N) is 1. The van der Waals surface area contributed by atoms with Crippen LogP contribution in [0.25, 0.3) is 11.0 Å². The van der Waals surface area contributed by atoms with Crippen LogP contribution in [0.15, 0.2) is 12.1 Å². The van der Waals surface area contributed by atoms with Crippen molar-refractivity contribution < 1.29 is 0 Å². The molecule has 0 aliphatic rings. The largest absolute Gasteiger partial charge is 0.341 e. The van der Waals surface area contributed by atoms with Crippen LogP contribution in [0.4, 0.5) is 0 Å². The zero-order chi connectivity index (χ0) is 10.3. The minimum absolute atomic E-state index is 0.0820. The van der Waals surface area contributed by atoms with Crippen LogP contribution in [0, 0.1) is 6.92 Å². The summed E-state index contributed by atoms with van der Waals surface area (Å²) < 4.78 is 0. The van der Waals surface area contributed by atoms with Gasteiger partial charge in [-0.3, -0.25) is 0 Å². The summed E-state index contributed by atoms with van der Waals surface area (Å²) in [7, 11) is 0. The fourth-order valence-electron chi connectivity index (χ4n) is 1.37. The molecule has 0 radical (unpaired) electrons. The third-order valence-electron chi connectivity index (χ3n) is 2.21. The monoisotopic (exact) mass is 209 g/mol. The molecular formula is C10H12ClN3. The second kappa shape index (κ2) is 3.26. The van der Waals surface area contributed by atoms with Gasteiger partial charge in [-0.2, -0.15) is 0 Å². The molecule has 3 nitrogen and oxygen atoms in total. The topological polar surface area (TPSA) is 54.7 Å². The van der Waals surface area contributed by atoms with E-state index < -0.39 is 0 Å². The van der Waals surface area contributed by atoms with E-state index in [-0.39, 0.29) is 6.04 Å². The summed E-state index contributed by atoms with van der Waals surface area (Å²) in [6.45, 7) is 3.86. The average Bonchev–Trinajstić information content (AvgIpc) is 2.48. The van der Waals surface area contributed by atoms with Gasteiger partial charge < -0.3 is 10.7 Å². The lowest BCUT2D eigenvalue weighted by molar-refractivity contribution is 0.760. The van der Waals surface area contributed by atoms with Crippen LogP contribution in [0.2, 0.25) is 5.02 Å². The summed E-state index contributed by atoms with van der Waals surface area (Å²) in [5.74, 6) is 0.793. The van der Waals surface area contributed by atoms with Crippen molar-refractivity contribution in [1.29, 1.82) is 0 Å². The number of aryl methyl sites for hydroxylation is 1. The van der Waals surface area contributed by atoms with Gasteiger partial charge in [0, 0.05) is 5.02 Å². The van der Waals surface area contributed by atoms with Gasteiger partial charge in [-0.25, -0.2) is 4.98 Å². The molecule has 1 atom stereocenters. The highest BCUT2D eigenvalue weighted by Gasteiger charge is 2.07. The average molecular weight is 210 g/mol. The molecule has 0 saturated carbocycles. The van der Waals surface area contributed by atoms with E-state index in [2.05, 4.69) is 9.97 Å². The molecule has 0 unspecified atom stereocenters. The molecule has 0 amide bonds. The SMILES string of the molecule is Cc1cc2[nH]c([C@@H](C)N)nc2cc1Cl. The van der Waals surface area contributed by atoms with E-state index in [4.69, 9.17) is 17.3 Å². The first-order chi connectivity index (χ1) is 6.58. The lowest BCUT2D eigenvalue weighted by Gasteiger charge is -1.96. The van der Waals surface area contributed by atoms with Crippen molar-refractivity contribution >= 4 is 22.6 Å². The molecule has 74 valence electrons. The molecule has 4 heteroatoms. The molecule has 0 aliphatic heterocycles. The molecule has 3 N–H and O–H groups in total. The first kappa shape index (κ1) is 9.49. The van der Waals surface area contributed by atoms with E-state index in [0.717, 1.165) is 27.4 Å². The molecule has 1 aromatic carbocycles. The van der Waals surface area contributed by atoms with E-state index in [1.165, 1.54) is 0 Å². The quantitative estimate of drug-likeness (QED) is 0.759. The Labute approximate surface area is 87.3 Å². The van der Waals surface area contributed by atoms with Gasteiger partial charge in [0.15, 0.2) is 0 Å². The summed E-state index contributed by atoms with van der Waals surface area (Å²) >= 11 is 5.99. The van der Waals surface area contributed by atoms with Crippen molar-refractivity contribution in [3.05, 3.63) is 28.5 Å². The van der Waals surface area contributed by atoms with Crippen LogP contribution < -0.4 is 5.73 Å². The third kappa shape index (κ3) is 1.49. The zero-order valence-corrected chi connectivity index (χ0v) is 8.89. The van der Waals surface area contributed by atoms with Crippen molar-refractivity contribution in [3.63, 3.8) is 0 Å². The fourth-order valence-corrected chi connectivity index (χ4v) is 1.53. The summed E-state index contributed by atoms with van der Waals surface area (Å²) in [6.07, 6.45) is 0. The minimum Gasteiger partial charge on any atom is -0.341 e. The summed E-state index contributed by atoms with van der Waals surface area (Å²) in [6, 6.07) is 3.76. The molecule has 2 rings (SSSR count). The van der Waals surface area contributed by atoms with Crippen LogP contribution in [0.1, 0.15) is 24.4 Å². The Morgan fingerprint density at radius 2 is 2.21 bits per heavy atom. The molecule has 0 bridgehead atoms. The second-order valence-electron chi connectivity index (χ2n) is 3.53. The van der Waals surface area contributed by atoms with E-state index in [1.54, 1.807) is 0 Å². The molecular weight excluding hydrogens is 198 g/mol. The van der Waals surface area contributed by atoms with Crippen LogP contribution in [-0.2, 0) is 0 Å². The van der Waals surface area contributed by atoms with Gasteiger partial charge in [0.2, 0.25) is 0 Å². The predicted octanol–water partition coefficient (Wildman–Crippen LogP) is 2.54. The summed E-state index contributed by atoms with van der Waals surface area (Å²) in [4.78, 5) is 7.52. The highest BCUT2D eigenvalue weighted by molar-refractivity contribution is 6.32. The maximum atomic E-state index is 5.99. The number of aromatic amines is 1. The molecule has 2 aromatic rings. The lowest BCUT2D eigenvalue weighted by atomic mass is 10.2. The van der Waals surface area contributed by atoms with Gasteiger partial charge in [0.25, 0.3) is 0 Å². The third-order valence-corrected chi connectivity index (χ3v) is 2.62. The number of aromatic nitrogens is 2. The highest BCUT2D eigenvalue weighted by Crippen LogP contribution is 2.22. The van der Waals surface area contributed by atoms with Gasteiger partial charge in [0.05, 0.1) is 17.1 Å². The second-order valence-corrected chi connectivity index (χ2v) is 3.94. The molecule has 0 aliphatic carbocycles. The van der Waals surface area contributed by atoms with Gasteiger partial charge >= 0.3 is 0 Å². The molecule has 14 heavy (non-hydrogen) atoms. The fraction of sp³-hybridized carbons (Fsp3) is 0.300. The maximum absolute atomic E-state index is 5.99. The molecule has 0 spiro atoms. The standard InChI is InChI=1S/C10H12ClN3/c1-5-3-8-9(4-7(5)11)14-10(13-8)6(2)12/h3-4,6H,12H2,1-2H3,(H,13,14)/t6-/m1/s1. The van der Waals surface area contributed by atoms with Gasteiger partial charge in [0.1, 0.15) is 5.82 Å². The Hall–Kier alpha value is -1.06. The number of imidazole rings is 1. The van der Waals surface area contributed by atoms with E-state index in [0.29, 0.717) is 0 Å². The molecule has 1 aromatic heterocycles. The molecule has 0 saturated heterocycles. The number of nitrogens with one attached hydrogen (secondary N) is 1. The number of hydrogen-bond donors (Lipinski definition) is 2. The Kier molecular flexibility index (Phi) is 2.21. The smallest absolute Gasteiger partial charge is 0.123 e. The Bertz CT molecular complexity index is 434. The normalized spacial score (nSPS) is 13.4. The predicted molar refractivity (Wildman–Crippen MR) is 58.4 cm³/mol. The minimum atomic E-state index is -0.0820. The van der Waals surface area contributed by atoms with Crippen molar-refractivity contribution in [2.24, 2.45) is 5.73 Å². The first-order valence-corrected chi connectivity index (χ1v) is 4.87. The molecule has 0 fully saturated rings. The molecule has 1 heterocycles. The number of benzene rings is 1. The van der Waals surface area contributed by atoms with Crippen LogP contribution in [0.3, 0.4) is 0 Å². The Morgan fingerprint density at radius 3 is 2.86 bits per heavy atom. The van der Waals surface area contributed by atoms with Crippen molar-refractivity contribution in [3.8, 4) is 0 Å². The van der Waals surface area contributed by atoms with Gasteiger partial charge in [-0.1, -0.05) is 11.6 Å². The van der Waals surface area contributed by atoms with E-state index in [1.807, 2.05) is 26.0 Å². The zero-order valence-electron chi connectivity index (χ0n) is 8.13. The van der Waals surface area contributed by atoms with Crippen LogP contribution in [0.5, 0.6) is 0 Å². The van der Waals surface area contributed by atoms with E-state index >= 15 is 0 Å². The Morgan fingerprint density at radius 1 is 1.50 bits per heavy atom. The summed E-state index contributed by atoms with van der Waals surface area (Å²) in [5, 5.41) is 0.736. The maximum Gasteiger partial charge on any atom is 0.123 e. The lowest BCUT2D eigenvalue weighted by Crippen LogP contribution is -2.06. The van der Waals surface area contributed by atoms with Crippen LogP contribution in [-0.4, -0.2) is 9.97 Å². The number of nitrogens with zero attached hydrogens (tertiary/aromatic N) is 1.